The number of aromatic nitrogens is 3. The zero-order chi connectivity index (χ0) is 19.8. The molecule has 0 radical (unpaired) electrons. The molecule has 0 saturated heterocycles. The van der Waals surface area contributed by atoms with Crippen molar-refractivity contribution in [2.24, 2.45) is 5.73 Å². The van der Waals surface area contributed by atoms with Crippen LogP contribution in [-0.4, -0.2) is 26.8 Å². The summed E-state index contributed by atoms with van der Waals surface area (Å²) < 4.78 is 39.9. The standard InChI is InChI=1S/C16H16BrClF3N5S/c1-8-11(5-9(22)6-16(19,20)21)13(17)26-12(8)14(24-15(18)25-26)23-7-10-3-2-4-27-10/h2-4,9H,5-7,22H2,1H3,(H,23,24,25)/t9-/m1/s1. The number of halogens is 5. The Morgan fingerprint density at radius 2 is 2.19 bits per heavy atom. The molecule has 3 rings (SSSR count). The van der Waals surface area contributed by atoms with Gasteiger partial charge in [0.15, 0.2) is 5.82 Å². The summed E-state index contributed by atoms with van der Waals surface area (Å²) in [6.45, 7) is 2.36. The molecule has 146 valence electrons. The quantitative estimate of drug-likeness (QED) is 0.522. The SMILES string of the molecule is Cc1c(C[C@@H](N)CC(F)(F)F)c(Br)n2nc(Cl)nc(NCc3cccs3)c12. The summed E-state index contributed by atoms with van der Waals surface area (Å²) in [7, 11) is 0. The van der Waals surface area contributed by atoms with Gasteiger partial charge >= 0.3 is 6.18 Å². The van der Waals surface area contributed by atoms with Gasteiger partial charge in [0.2, 0.25) is 5.28 Å². The number of nitrogens with two attached hydrogens (primary N) is 1. The number of hydrogen-bond acceptors (Lipinski definition) is 5. The van der Waals surface area contributed by atoms with E-state index in [1.165, 1.54) is 4.52 Å². The molecule has 11 heteroatoms. The lowest BCUT2D eigenvalue weighted by molar-refractivity contribution is -0.138. The summed E-state index contributed by atoms with van der Waals surface area (Å²) in [4.78, 5) is 5.36. The first-order valence-corrected chi connectivity index (χ1v) is 10.0. The number of nitrogens with zero attached hydrogens (tertiary/aromatic N) is 3. The van der Waals surface area contributed by atoms with Crippen molar-refractivity contribution in [1.82, 2.24) is 14.6 Å². The second-order valence-electron chi connectivity index (χ2n) is 6.10. The van der Waals surface area contributed by atoms with Crippen molar-refractivity contribution in [3.05, 3.63) is 43.4 Å². The number of aryl methyl sites for hydroxylation is 1. The van der Waals surface area contributed by atoms with Crippen LogP contribution in [0.2, 0.25) is 5.28 Å². The van der Waals surface area contributed by atoms with Crippen LogP contribution in [0.1, 0.15) is 22.4 Å². The molecule has 27 heavy (non-hydrogen) atoms. The van der Waals surface area contributed by atoms with Gasteiger partial charge in [-0.25, -0.2) is 4.52 Å². The lowest BCUT2D eigenvalue weighted by Crippen LogP contribution is -2.29. The Bertz CT molecular complexity index is 942. The number of anilines is 1. The summed E-state index contributed by atoms with van der Waals surface area (Å²) >= 11 is 11.1. The molecular weight excluding hydrogens is 467 g/mol. The number of fused-ring (bicyclic) bond motifs is 1. The van der Waals surface area contributed by atoms with Crippen molar-refractivity contribution < 1.29 is 13.2 Å². The second kappa shape index (κ2) is 7.94. The van der Waals surface area contributed by atoms with E-state index in [2.05, 4.69) is 31.3 Å². The molecule has 3 heterocycles. The molecule has 3 N–H and O–H groups in total. The van der Waals surface area contributed by atoms with Gasteiger partial charge in [-0.3, -0.25) is 0 Å². The Kier molecular flexibility index (Phi) is 5.99. The van der Waals surface area contributed by atoms with Crippen molar-refractivity contribution >= 4 is 50.2 Å². The molecule has 0 fully saturated rings. The van der Waals surface area contributed by atoms with Crippen LogP contribution in [0.15, 0.2) is 22.1 Å². The summed E-state index contributed by atoms with van der Waals surface area (Å²) in [5, 5.41) is 9.39. The van der Waals surface area contributed by atoms with E-state index in [0.29, 0.717) is 28.0 Å². The van der Waals surface area contributed by atoms with E-state index in [-0.39, 0.29) is 11.7 Å². The third-order valence-electron chi connectivity index (χ3n) is 4.04. The zero-order valence-corrected chi connectivity index (χ0v) is 17.3. The van der Waals surface area contributed by atoms with Crippen LogP contribution in [0.5, 0.6) is 0 Å². The third kappa shape index (κ3) is 4.74. The minimum Gasteiger partial charge on any atom is -0.363 e. The molecule has 0 aliphatic heterocycles. The van der Waals surface area contributed by atoms with Gasteiger partial charge in [-0.05, 0) is 63.4 Å². The minimum absolute atomic E-state index is 0.0259. The first-order chi connectivity index (χ1) is 12.7. The normalized spacial score (nSPS) is 13.3. The van der Waals surface area contributed by atoms with E-state index in [1.807, 2.05) is 24.4 Å². The monoisotopic (exact) mass is 481 g/mol. The molecule has 0 spiro atoms. The number of hydrogen-bond donors (Lipinski definition) is 2. The number of alkyl halides is 3. The molecule has 0 unspecified atom stereocenters. The fraction of sp³-hybridized carbons (Fsp3) is 0.375. The fourth-order valence-corrected chi connectivity index (χ4v) is 4.40. The summed E-state index contributed by atoms with van der Waals surface area (Å²) in [6.07, 6.45) is -5.31. The van der Waals surface area contributed by atoms with Crippen molar-refractivity contribution in [2.45, 2.75) is 38.5 Å². The lowest BCUT2D eigenvalue weighted by Gasteiger charge is -2.14. The third-order valence-corrected chi connectivity index (χ3v) is 5.89. The highest BCUT2D eigenvalue weighted by molar-refractivity contribution is 9.10. The topological polar surface area (TPSA) is 68.2 Å². The largest absolute Gasteiger partial charge is 0.390 e. The Morgan fingerprint density at radius 3 is 2.81 bits per heavy atom. The van der Waals surface area contributed by atoms with Crippen LogP contribution >= 0.6 is 38.9 Å². The maximum Gasteiger partial charge on any atom is 0.390 e. The van der Waals surface area contributed by atoms with E-state index in [9.17, 15) is 13.2 Å². The molecule has 5 nitrogen and oxygen atoms in total. The first-order valence-electron chi connectivity index (χ1n) is 7.97. The average Bonchev–Trinajstić information content (AvgIpc) is 3.14. The highest BCUT2D eigenvalue weighted by atomic mass is 79.9. The average molecular weight is 483 g/mol. The van der Waals surface area contributed by atoms with Crippen LogP contribution in [0, 0.1) is 6.92 Å². The summed E-state index contributed by atoms with van der Waals surface area (Å²) in [5.41, 5.74) is 7.78. The van der Waals surface area contributed by atoms with Crippen molar-refractivity contribution in [3.8, 4) is 0 Å². The number of nitrogens with one attached hydrogen (secondary N) is 1. The summed E-state index contributed by atoms with van der Waals surface area (Å²) in [6, 6.07) is 2.88. The second-order valence-corrected chi connectivity index (χ2v) is 8.22. The van der Waals surface area contributed by atoms with Crippen LogP contribution in [0.25, 0.3) is 5.52 Å². The minimum atomic E-state index is -4.31. The van der Waals surface area contributed by atoms with Gasteiger partial charge in [-0.15, -0.1) is 16.4 Å². The van der Waals surface area contributed by atoms with Crippen LogP contribution < -0.4 is 11.1 Å². The van der Waals surface area contributed by atoms with Gasteiger partial charge < -0.3 is 11.1 Å². The Hall–Kier alpha value is -1.36. The van der Waals surface area contributed by atoms with Gasteiger partial charge in [-0.2, -0.15) is 18.2 Å². The van der Waals surface area contributed by atoms with Gasteiger partial charge in [0.05, 0.1) is 13.0 Å². The van der Waals surface area contributed by atoms with E-state index in [0.717, 1.165) is 10.4 Å². The summed E-state index contributed by atoms with van der Waals surface area (Å²) in [5.74, 6) is 0.511. The molecule has 0 aromatic carbocycles. The van der Waals surface area contributed by atoms with E-state index < -0.39 is 18.6 Å². The number of thiophene rings is 1. The van der Waals surface area contributed by atoms with E-state index in [1.54, 1.807) is 11.3 Å². The first kappa shape index (κ1) is 20.4. The molecular formula is C16H16BrClF3N5S. The van der Waals surface area contributed by atoms with Gasteiger partial charge in [0.1, 0.15) is 10.1 Å². The molecule has 0 aliphatic carbocycles. The highest BCUT2D eigenvalue weighted by Gasteiger charge is 2.31. The van der Waals surface area contributed by atoms with Crippen LogP contribution in [-0.2, 0) is 13.0 Å². The van der Waals surface area contributed by atoms with Crippen LogP contribution in [0.3, 0.4) is 0 Å². The highest BCUT2D eigenvalue weighted by Crippen LogP contribution is 2.33. The van der Waals surface area contributed by atoms with Crippen molar-refractivity contribution in [1.29, 1.82) is 0 Å². The maximum absolute atomic E-state index is 12.6. The van der Waals surface area contributed by atoms with Gasteiger partial charge in [0, 0.05) is 10.9 Å². The molecule has 3 aromatic rings. The number of rotatable bonds is 6. The Labute approximate surface area is 170 Å². The van der Waals surface area contributed by atoms with E-state index >= 15 is 0 Å². The zero-order valence-electron chi connectivity index (χ0n) is 14.1. The smallest absolute Gasteiger partial charge is 0.363 e. The lowest BCUT2D eigenvalue weighted by atomic mass is 10.0. The predicted octanol–water partition coefficient (Wildman–Crippen LogP) is 4.95. The maximum atomic E-state index is 12.6. The molecule has 0 amide bonds. The van der Waals surface area contributed by atoms with Gasteiger partial charge in [-0.1, -0.05) is 6.07 Å². The predicted molar refractivity (Wildman–Crippen MR) is 104 cm³/mol. The molecule has 1 atom stereocenters. The van der Waals surface area contributed by atoms with Crippen molar-refractivity contribution in [2.75, 3.05) is 5.32 Å². The molecule has 3 aromatic heterocycles. The fourth-order valence-electron chi connectivity index (χ4n) is 2.88. The molecule has 0 saturated carbocycles. The Balaban J connectivity index is 1.96. The Morgan fingerprint density at radius 1 is 1.44 bits per heavy atom. The molecule has 0 bridgehead atoms. The van der Waals surface area contributed by atoms with E-state index in [4.69, 9.17) is 17.3 Å². The van der Waals surface area contributed by atoms with Crippen LogP contribution in [0.4, 0.5) is 19.0 Å². The van der Waals surface area contributed by atoms with Gasteiger partial charge in [0.25, 0.3) is 0 Å². The molecule has 0 aliphatic rings. The van der Waals surface area contributed by atoms with Crippen molar-refractivity contribution in [3.63, 3.8) is 0 Å².